The molecule has 4 rings (SSSR count). The number of hydrogen-bond acceptors (Lipinski definition) is 1. The summed E-state index contributed by atoms with van der Waals surface area (Å²) in [5.74, 6) is 0. The van der Waals surface area contributed by atoms with E-state index in [1.807, 2.05) is 0 Å². The summed E-state index contributed by atoms with van der Waals surface area (Å²) in [7, 11) is 4.29. The van der Waals surface area contributed by atoms with Gasteiger partial charge in [-0.2, -0.15) is 0 Å². The molecule has 1 heteroatoms. The van der Waals surface area contributed by atoms with Crippen LogP contribution in [0.5, 0.6) is 0 Å². The second-order valence-electron chi connectivity index (χ2n) is 6.45. The fourth-order valence-electron chi connectivity index (χ4n) is 3.67. The molecule has 0 spiro atoms. The van der Waals surface area contributed by atoms with Gasteiger partial charge < -0.3 is 4.90 Å². The molecule has 0 bridgehead atoms. The maximum atomic E-state index is 2.33. The van der Waals surface area contributed by atoms with Gasteiger partial charge in [0.25, 0.3) is 0 Å². The Morgan fingerprint density at radius 1 is 0.727 bits per heavy atom. The Morgan fingerprint density at radius 3 is 2.14 bits per heavy atom. The molecule has 0 atom stereocenters. The summed E-state index contributed by atoms with van der Waals surface area (Å²) in [6.07, 6.45) is 2.35. The Morgan fingerprint density at radius 2 is 1.41 bits per heavy atom. The molecular weight excluding hydrogens is 266 g/mol. The average Bonchev–Trinajstić information content (AvgIpc) is 2.86. The van der Waals surface area contributed by atoms with Gasteiger partial charge in [-0.25, -0.2) is 0 Å². The van der Waals surface area contributed by atoms with Gasteiger partial charge in [0.05, 0.1) is 0 Å². The van der Waals surface area contributed by atoms with Gasteiger partial charge in [-0.15, -0.1) is 0 Å². The van der Waals surface area contributed by atoms with Gasteiger partial charge in [0, 0.05) is 0 Å². The van der Waals surface area contributed by atoms with Crippen molar-refractivity contribution < 1.29 is 0 Å². The first-order valence-corrected chi connectivity index (χ1v) is 8.05. The summed E-state index contributed by atoms with van der Waals surface area (Å²) >= 11 is 0. The van der Waals surface area contributed by atoms with Gasteiger partial charge in [-0.05, 0) is 72.1 Å². The van der Waals surface area contributed by atoms with Crippen molar-refractivity contribution in [3.8, 4) is 22.3 Å². The Bertz CT molecular complexity index is 816. The van der Waals surface area contributed by atoms with Gasteiger partial charge >= 0.3 is 0 Å². The van der Waals surface area contributed by atoms with Crippen molar-refractivity contribution in [2.45, 2.75) is 12.8 Å². The van der Waals surface area contributed by atoms with Gasteiger partial charge in [0.1, 0.15) is 0 Å². The first-order valence-electron chi connectivity index (χ1n) is 8.05. The fourth-order valence-corrected chi connectivity index (χ4v) is 3.67. The van der Waals surface area contributed by atoms with Crippen LogP contribution < -0.4 is 0 Å². The number of rotatable bonds is 4. The van der Waals surface area contributed by atoms with E-state index in [4.69, 9.17) is 0 Å². The third kappa shape index (κ3) is 2.05. The van der Waals surface area contributed by atoms with Crippen LogP contribution in [0.15, 0.2) is 54.6 Å². The lowest BCUT2D eigenvalue weighted by atomic mass is 9.96. The molecule has 1 nitrogen and oxygen atoms in total. The standard InChI is InChI=1S/C21H21N/c1-22(2)14-6-7-15-12-13-20-18-9-4-3-8-17(18)19-11-5-10-16(15)21(19)20/h3-5,8-13H,6-7,14H2,1-2H3. The van der Waals surface area contributed by atoms with Crippen molar-refractivity contribution in [1.82, 2.24) is 4.90 Å². The number of fused-ring (bicyclic) bond motifs is 3. The minimum atomic E-state index is 1.14. The molecule has 0 aromatic heterocycles. The molecule has 0 fully saturated rings. The molecule has 3 aromatic rings. The van der Waals surface area contributed by atoms with E-state index in [2.05, 4.69) is 73.6 Å². The highest BCUT2D eigenvalue weighted by atomic mass is 15.0. The molecule has 0 radical (unpaired) electrons. The molecule has 0 saturated carbocycles. The highest BCUT2D eigenvalue weighted by Crippen LogP contribution is 2.47. The Kier molecular flexibility index (Phi) is 3.24. The van der Waals surface area contributed by atoms with E-state index < -0.39 is 0 Å². The molecule has 1 aliphatic rings. The molecule has 1 aliphatic carbocycles. The summed E-state index contributed by atoms with van der Waals surface area (Å²) in [6, 6.07) is 20.2. The van der Waals surface area contributed by atoms with Crippen LogP contribution in [0.1, 0.15) is 12.0 Å². The van der Waals surface area contributed by atoms with Crippen molar-refractivity contribution in [3.63, 3.8) is 0 Å². The van der Waals surface area contributed by atoms with E-state index in [9.17, 15) is 0 Å². The van der Waals surface area contributed by atoms with Crippen LogP contribution in [0.25, 0.3) is 33.0 Å². The summed E-state index contributed by atoms with van der Waals surface area (Å²) in [5, 5.41) is 2.89. The summed E-state index contributed by atoms with van der Waals surface area (Å²) in [5.41, 5.74) is 7.05. The lowest BCUT2D eigenvalue weighted by molar-refractivity contribution is 0.400. The second kappa shape index (κ2) is 5.26. The van der Waals surface area contributed by atoms with Crippen LogP contribution in [0, 0.1) is 0 Å². The molecule has 110 valence electrons. The van der Waals surface area contributed by atoms with E-state index in [1.54, 1.807) is 0 Å². The Labute approximate surface area is 132 Å². The van der Waals surface area contributed by atoms with Crippen LogP contribution >= 0.6 is 0 Å². The SMILES string of the molecule is CN(C)CCCc1ccc2c3c(cccc13)-c1ccccc1-2. The predicted octanol–water partition coefficient (Wildman–Crippen LogP) is 4.98. The van der Waals surface area contributed by atoms with Crippen LogP contribution in [0.4, 0.5) is 0 Å². The zero-order valence-electron chi connectivity index (χ0n) is 13.3. The quantitative estimate of drug-likeness (QED) is 0.511. The molecule has 0 unspecified atom stereocenters. The predicted molar refractivity (Wildman–Crippen MR) is 95.3 cm³/mol. The van der Waals surface area contributed by atoms with Crippen molar-refractivity contribution in [2.75, 3.05) is 20.6 Å². The van der Waals surface area contributed by atoms with E-state index >= 15 is 0 Å². The second-order valence-corrected chi connectivity index (χ2v) is 6.45. The van der Waals surface area contributed by atoms with E-state index in [-0.39, 0.29) is 0 Å². The molecule has 0 aliphatic heterocycles. The monoisotopic (exact) mass is 287 g/mol. The zero-order chi connectivity index (χ0) is 15.1. The molecule has 0 amide bonds. The van der Waals surface area contributed by atoms with E-state index in [0.717, 1.165) is 13.0 Å². The molecular formula is C21H21N. The summed E-state index contributed by atoms with van der Waals surface area (Å²) in [4.78, 5) is 2.26. The fraction of sp³-hybridized carbons (Fsp3) is 0.238. The molecule has 0 heterocycles. The first kappa shape index (κ1) is 13.5. The first-order chi connectivity index (χ1) is 10.8. The smallest absolute Gasteiger partial charge is 0.00217 e. The average molecular weight is 287 g/mol. The van der Waals surface area contributed by atoms with Crippen LogP contribution in [-0.4, -0.2) is 25.5 Å². The largest absolute Gasteiger partial charge is 0.309 e. The Hall–Kier alpha value is -2.12. The molecule has 0 saturated heterocycles. The van der Waals surface area contributed by atoms with Crippen molar-refractivity contribution in [3.05, 3.63) is 60.2 Å². The topological polar surface area (TPSA) is 3.24 Å². The highest BCUT2D eigenvalue weighted by molar-refractivity contribution is 6.15. The minimum Gasteiger partial charge on any atom is -0.309 e. The number of aryl methyl sites for hydroxylation is 1. The van der Waals surface area contributed by atoms with Crippen molar-refractivity contribution >= 4 is 10.8 Å². The zero-order valence-corrected chi connectivity index (χ0v) is 13.3. The van der Waals surface area contributed by atoms with Crippen LogP contribution in [0.3, 0.4) is 0 Å². The third-order valence-corrected chi connectivity index (χ3v) is 4.69. The highest BCUT2D eigenvalue weighted by Gasteiger charge is 2.21. The number of hydrogen-bond donors (Lipinski definition) is 0. The van der Waals surface area contributed by atoms with Gasteiger partial charge in [0.2, 0.25) is 0 Å². The summed E-state index contributed by atoms with van der Waals surface area (Å²) in [6.45, 7) is 1.14. The van der Waals surface area contributed by atoms with Gasteiger partial charge in [0.15, 0.2) is 0 Å². The van der Waals surface area contributed by atoms with Crippen LogP contribution in [0.2, 0.25) is 0 Å². The minimum absolute atomic E-state index is 1.14. The normalized spacial score (nSPS) is 12.1. The van der Waals surface area contributed by atoms with Crippen molar-refractivity contribution in [1.29, 1.82) is 0 Å². The Balaban J connectivity index is 1.83. The molecule has 0 N–H and O–H groups in total. The van der Waals surface area contributed by atoms with Crippen molar-refractivity contribution in [2.24, 2.45) is 0 Å². The lowest BCUT2D eigenvalue weighted by Gasteiger charge is -2.12. The maximum absolute atomic E-state index is 2.33. The van der Waals surface area contributed by atoms with E-state index in [0.29, 0.717) is 0 Å². The third-order valence-electron chi connectivity index (χ3n) is 4.69. The van der Waals surface area contributed by atoms with Gasteiger partial charge in [-0.1, -0.05) is 54.6 Å². The van der Waals surface area contributed by atoms with Crippen LogP contribution in [-0.2, 0) is 6.42 Å². The lowest BCUT2D eigenvalue weighted by Crippen LogP contribution is -2.13. The molecule has 22 heavy (non-hydrogen) atoms. The van der Waals surface area contributed by atoms with E-state index in [1.165, 1.54) is 45.0 Å². The number of benzene rings is 3. The number of nitrogens with zero attached hydrogens (tertiary/aromatic N) is 1. The van der Waals surface area contributed by atoms with Gasteiger partial charge in [-0.3, -0.25) is 0 Å². The maximum Gasteiger partial charge on any atom is -0.00217 e. The molecule has 3 aromatic carbocycles. The summed E-state index contributed by atoms with van der Waals surface area (Å²) < 4.78 is 0.